The molecule has 1 N–H and O–H groups in total. The zero-order valence-corrected chi connectivity index (χ0v) is 18.0. The lowest BCUT2D eigenvalue weighted by molar-refractivity contribution is 0.0947. The van der Waals surface area contributed by atoms with Gasteiger partial charge in [0.2, 0.25) is 0 Å². The molecular formula is C23H31N3O3. The second-order valence-electron chi connectivity index (χ2n) is 8.17. The number of carbonyl (C=O) groups is 1. The van der Waals surface area contributed by atoms with Crippen molar-refractivity contribution >= 4 is 5.91 Å². The van der Waals surface area contributed by atoms with Gasteiger partial charge in [0.25, 0.3) is 11.5 Å². The SMILES string of the molecule is COc1cc2c(cc1CNC(=O)c1c(C)ccn(C(C)CN(C)C)c1=O)CCC2. The van der Waals surface area contributed by atoms with E-state index in [1.54, 1.807) is 24.8 Å². The molecule has 3 rings (SSSR count). The van der Waals surface area contributed by atoms with E-state index in [0.717, 1.165) is 37.1 Å². The van der Waals surface area contributed by atoms with Crippen LogP contribution in [0.15, 0.2) is 29.2 Å². The van der Waals surface area contributed by atoms with Crippen LogP contribution in [0.4, 0.5) is 0 Å². The molecule has 1 amide bonds. The second-order valence-corrected chi connectivity index (χ2v) is 8.17. The van der Waals surface area contributed by atoms with Crippen LogP contribution < -0.4 is 15.6 Å². The zero-order chi connectivity index (χ0) is 21.1. The molecule has 0 aliphatic heterocycles. The van der Waals surface area contributed by atoms with Crippen molar-refractivity contribution in [1.82, 2.24) is 14.8 Å². The molecule has 1 unspecified atom stereocenters. The Hall–Kier alpha value is -2.60. The molecule has 0 saturated carbocycles. The minimum absolute atomic E-state index is 0.0264. The van der Waals surface area contributed by atoms with Gasteiger partial charge < -0.3 is 19.5 Å². The van der Waals surface area contributed by atoms with Gasteiger partial charge in [0.15, 0.2) is 0 Å². The first-order valence-corrected chi connectivity index (χ1v) is 10.1. The molecule has 6 nitrogen and oxygen atoms in total. The van der Waals surface area contributed by atoms with Crippen molar-refractivity contribution in [2.75, 3.05) is 27.7 Å². The third kappa shape index (κ3) is 4.53. The molecule has 0 radical (unpaired) electrons. The van der Waals surface area contributed by atoms with E-state index < -0.39 is 0 Å². The minimum atomic E-state index is -0.346. The molecule has 0 saturated heterocycles. The first-order valence-electron chi connectivity index (χ1n) is 10.1. The van der Waals surface area contributed by atoms with Gasteiger partial charge in [-0.2, -0.15) is 0 Å². The molecule has 1 heterocycles. The second kappa shape index (κ2) is 8.82. The molecule has 156 valence electrons. The summed E-state index contributed by atoms with van der Waals surface area (Å²) in [4.78, 5) is 27.9. The minimum Gasteiger partial charge on any atom is -0.496 e. The number of pyridine rings is 1. The molecular weight excluding hydrogens is 366 g/mol. The van der Waals surface area contributed by atoms with E-state index in [9.17, 15) is 9.59 Å². The fraction of sp³-hybridized carbons (Fsp3) is 0.478. The number of nitrogens with one attached hydrogen (secondary N) is 1. The van der Waals surface area contributed by atoms with Gasteiger partial charge in [0.05, 0.1) is 7.11 Å². The highest BCUT2D eigenvalue weighted by Crippen LogP contribution is 2.29. The van der Waals surface area contributed by atoms with Gasteiger partial charge in [0, 0.05) is 30.9 Å². The number of nitrogens with zero attached hydrogens (tertiary/aromatic N) is 2. The van der Waals surface area contributed by atoms with Crippen LogP contribution in [0.5, 0.6) is 5.75 Å². The highest BCUT2D eigenvalue weighted by molar-refractivity contribution is 5.95. The zero-order valence-electron chi connectivity index (χ0n) is 18.0. The Morgan fingerprint density at radius 1 is 1.28 bits per heavy atom. The van der Waals surface area contributed by atoms with Gasteiger partial charge in [-0.1, -0.05) is 6.07 Å². The maximum Gasteiger partial charge on any atom is 0.263 e. The van der Waals surface area contributed by atoms with Crippen molar-refractivity contribution in [3.05, 3.63) is 62.6 Å². The van der Waals surface area contributed by atoms with Gasteiger partial charge in [-0.15, -0.1) is 0 Å². The summed E-state index contributed by atoms with van der Waals surface area (Å²) in [5.41, 5.74) is 4.23. The number of aromatic nitrogens is 1. The van der Waals surface area contributed by atoms with Crippen molar-refractivity contribution in [2.24, 2.45) is 0 Å². The molecule has 29 heavy (non-hydrogen) atoms. The molecule has 1 aromatic carbocycles. The Bertz CT molecular complexity index is 963. The fourth-order valence-corrected chi connectivity index (χ4v) is 4.13. The molecule has 0 spiro atoms. The first kappa shape index (κ1) is 21.1. The van der Waals surface area contributed by atoms with Crippen LogP contribution in [0.2, 0.25) is 0 Å². The predicted molar refractivity (Wildman–Crippen MR) is 115 cm³/mol. The highest BCUT2D eigenvalue weighted by Gasteiger charge is 2.20. The summed E-state index contributed by atoms with van der Waals surface area (Å²) in [6.07, 6.45) is 5.06. The molecule has 1 aliphatic carbocycles. The number of carbonyl (C=O) groups excluding carboxylic acids is 1. The summed E-state index contributed by atoms with van der Waals surface area (Å²) in [7, 11) is 5.58. The van der Waals surface area contributed by atoms with Crippen molar-refractivity contribution < 1.29 is 9.53 Å². The van der Waals surface area contributed by atoms with Crippen LogP contribution in [0.3, 0.4) is 0 Å². The number of aryl methyl sites for hydroxylation is 3. The summed E-state index contributed by atoms with van der Waals surface area (Å²) < 4.78 is 7.16. The molecule has 0 bridgehead atoms. The Morgan fingerprint density at radius 2 is 1.97 bits per heavy atom. The van der Waals surface area contributed by atoms with Crippen LogP contribution in [0.1, 0.15) is 52.0 Å². The van der Waals surface area contributed by atoms with Crippen molar-refractivity contribution in [1.29, 1.82) is 0 Å². The summed E-state index contributed by atoms with van der Waals surface area (Å²) >= 11 is 0. The van der Waals surface area contributed by atoms with E-state index in [4.69, 9.17) is 4.74 Å². The maximum absolute atomic E-state index is 13.0. The van der Waals surface area contributed by atoms with E-state index in [2.05, 4.69) is 17.4 Å². The average Bonchev–Trinajstić information content (AvgIpc) is 3.12. The third-order valence-electron chi connectivity index (χ3n) is 5.59. The number of methoxy groups -OCH3 is 1. The van der Waals surface area contributed by atoms with Crippen LogP contribution >= 0.6 is 0 Å². The largest absolute Gasteiger partial charge is 0.496 e. The van der Waals surface area contributed by atoms with Gasteiger partial charge in [-0.05, 0) is 76.0 Å². The van der Waals surface area contributed by atoms with Gasteiger partial charge >= 0.3 is 0 Å². The smallest absolute Gasteiger partial charge is 0.263 e. The standard InChI is InChI=1S/C23H31N3O3/c1-15-9-10-26(16(2)14-25(3)4)23(28)21(15)22(27)24-13-19-11-17-7-6-8-18(17)12-20(19)29-5/h9-12,16H,6-8,13-14H2,1-5H3,(H,24,27). The van der Waals surface area contributed by atoms with Crippen LogP contribution in [0, 0.1) is 6.92 Å². The van der Waals surface area contributed by atoms with Crippen molar-refractivity contribution in [2.45, 2.75) is 45.7 Å². The van der Waals surface area contributed by atoms with Crippen LogP contribution in [-0.4, -0.2) is 43.1 Å². The number of likely N-dealkylation sites (N-methyl/N-ethyl adjacent to an activating group) is 1. The third-order valence-corrected chi connectivity index (χ3v) is 5.59. The van der Waals surface area contributed by atoms with E-state index in [-0.39, 0.29) is 23.1 Å². The molecule has 1 aromatic heterocycles. The number of amides is 1. The fourth-order valence-electron chi connectivity index (χ4n) is 4.13. The lowest BCUT2D eigenvalue weighted by Gasteiger charge is -2.20. The number of hydrogen-bond acceptors (Lipinski definition) is 4. The Morgan fingerprint density at radius 3 is 2.62 bits per heavy atom. The average molecular weight is 398 g/mol. The Balaban J connectivity index is 1.82. The predicted octanol–water partition coefficient (Wildman–Crippen LogP) is 2.71. The molecule has 2 aromatic rings. The number of benzene rings is 1. The number of rotatable bonds is 7. The lowest BCUT2D eigenvalue weighted by Crippen LogP contribution is -2.36. The molecule has 1 atom stereocenters. The monoisotopic (exact) mass is 397 g/mol. The summed E-state index contributed by atoms with van der Waals surface area (Å²) in [6.45, 7) is 4.83. The van der Waals surface area contributed by atoms with E-state index >= 15 is 0 Å². The molecule has 6 heteroatoms. The summed E-state index contributed by atoms with van der Waals surface area (Å²) in [6, 6.07) is 6.00. The normalized spacial score (nSPS) is 14.0. The Kier molecular flexibility index (Phi) is 6.42. The van der Waals surface area contributed by atoms with Crippen molar-refractivity contribution in [3.8, 4) is 5.75 Å². The number of fused-ring (bicyclic) bond motifs is 1. The van der Waals surface area contributed by atoms with Crippen LogP contribution in [-0.2, 0) is 19.4 Å². The van der Waals surface area contributed by atoms with Gasteiger partial charge in [0.1, 0.15) is 11.3 Å². The van der Waals surface area contributed by atoms with E-state index in [1.165, 1.54) is 11.1 Å². The van der Waals surface area contributed by atoms with Gasteiger partial charge in [-0.3, -0.25) is 9.59 Å². The van der Waals surface area contributed by atoms with E-state index in [1.807, 2.05) is 32.0 Å². The van der Waals surface area contributed by atoms with E-state index in [0.29, 0.717) is 12.1 Å². The highest BCUT2D eigenvalue weighted by atomic mass is 16.5. The maximum atomic E-state index is 13.0. The quantitative estimate of drug-likeness (QED) is 0.780. The summed E-state index contributed by atoms with van der Waals surface area (Å²) in [5.74, 6) is 0.439. The topological polar surface area (TPSA) is 63.6 Å². The van der Waals surface area contributed by atoms with Crippen LogP contribution in [0.25, 0.3) is 0 Å². The first-order chi connectivity index (χ1) is 13.8. The number of ether oxygens (including phenoxy) is 1. The summed E-state index contributed by atoms with van der Waals surface area (Å²) in [5, 5.41) is 2.93. The van der Waals surface area contributed by atoms with Gasteiger partial charge in [-0.25, -0.2) is 0 Å². The number of hydrogen-bond donors (Lipinski definition) is 1. The molecule has 0 fully saturated rings. The molecule has 1 aliphatic rings. The van der Waals surface area contributed by atoms with Crippen molar-refractivity contribution in [3.63, 3.8) is 0 Å². The Labute approximate surface area is 172 Å². The lowest BCUT2D eigenvalue weighted by atomic mass is 10.0.